The van der Waals surface area contributed by atoms with Gasteiger partial charge in [0, 0.05) is 24.7 Å². The van der Waals surface area contributed by atoms with Crippen molar-refractivity contribution in [2.75, 3.05) is 6.61 Å². The number of unbranched alkanes of at least 4 members (excludes halogenated alkanes) is 1. The van der Waals surface area contributed by atoms with Crippen LogP contribution in [-0.4, -0.2) is 28.6 Å². The van der Waals surface area contributed by atoms with E-state index in [9.17, 15) is 4.79 Å². The normalized spacial score (nSPS) is 12.4. The summed E-state index contributed by atoms with van der Waals surface area (Å²) in [4.78, 5) is 18.8. The Morgan fingerprint density at radius 2 is 2.35 bits per heavy atom. The van der Waals surface area contributed by atoms with Gasteiger partial charge in [0.1, 0.15) is 11.9 Å². The van der Waals surface area contributed by atoms with Crippen LogP contribution in [0.5, 0.6) is 0 Å². The van der Waals surface area contributed by atoms with Crippen molar-refractivity contribution in [2.45, 2.75) is 45.6 Å². The number of aryl methyl sites for hydroxylation is 1. The maximum Gasteiger partial charge on any atom is 0.323 e. The second-order valence-electron chi connectivity index (χ2n) is 4.02. The molecule has 1 aromatic heterocycles. The molecule has 1 rings (SSSR count). The van der Waals surface area contributed by atoms with Gasteiger partial charge >= 0.3 is 5.97 Å². The van der Waals surface area contributed by atoms with E-state index in [0.29, 0.717) is 13.0 Å². The molecule has 1 aromatic rings. The molecule has 0 aliphatic heterocycles. The van der Waals surface area contributed by atoms with E-state index in [0.717, 1.165) is 30.8 Å². The molecule has 0 amide bonds. The van der Waals surface area contributed by atoms with E-state index in [4.69, 9.17) is 10.5 Å². The van der Waals surface area contributed by atoms with Gasteiger partial charge in [-0.25, -0.2) is 4.98 Å². The number of hydrogen-bond donors (Lipinski definition) is 2. The smallest absolute Gasteiger partial charge is 0.323 e. The molecule has 0 aliphatic rings. The molecule has 0 bridgehead atoms. The highest BCUT2D eigenvalue weighted by atomic mass is 16.5. The van der Waals surface area contributed by atoms with Gasteiger partial charge in [-0.2, -0.15) is 0 Å². The van der Waals surface area contributed by atoms with Gasteiger partial charge in [0.2, 0.25) is 0 Å². The predicted molar refractivity (Wildman–Crippen MR) is 65.5 cm³/mol. The topological polar surface area (TPSA) is 81.0 Å². The van der Waals surface area contributed by atoms with Gasteiger partial charge in [-0.15, -0.1) is 0 Å². The van der Waals surface area contributed by atoms with Gasteiger partial charge in [0.25, 0.3) is 0 Å². The number of aromatic nitrogens is 2. The van der Waals surface area contributed by atoms with Gasteiger partial charge in [0.15, 0.2) is 0 Å². The molecule has 0 spiro atoms. The van der Waals surface area contributed by atoms with Crippen LogP contribution in [0.1, 0.15) is 38.2 Å². The molecule has 0 fully saturated rings. The first-order valence-electron chi connectivity index (χ1n) is 6.12. The lowest BCUT2D eigenvalue weighted by Gasteiger charge is -2.08. The van der Waals surface area contributed by atoms with E-state index < -0.39 is 6.04 Å². The number of nitrogens with zero attached hydrogens (tertiary/aromatic N) is 1. The molecule has 0 radical (unpaired) electrons. The summed E-state index contributed by atoms with van der Waals surface area (Å²) in [6, 6.07) is -0.616. The largest absolute Gasteiger partial charge is 0.465 e. The Morgan fingerprint density at radius 3 is 3.00 bits per heavy atom. The number of nitrogens with two attached hydrogens (primary N) is 1. The zero-order valence-electron chi connectivity index (χ0n) is 10.5. The number of ether oxygens (including phenoxy) is 1. The van der Waals surface area contributed by atoms with Gasteiger partial charge < -0.3 is 15.5 Å². The molecule has 96 valence electrons. The maximum atomic E-state index is 11.3. The Morgan fingerprint density at radius 1 is 1.59 bits per heavy atom. The third-order valence-corrected chi connectivity index (χ3v) is 2.48. The van der Waals surface area contributed by atoms with E-state index in [1.165, 1.54) is 0 Å². The summed E-state index contributed by atoms with van der Waals surface area (Å²) in [6.07, 6.45) is 5.36. The van der Waals surface area contributed by atoms with Crippen molar-refractivity contribution in [1.29, 1.82) is 0 Å². The molecule has 17 heavy (non-hydrogen) atoms. The second-order valence-corrected chi connectivity index (χ2v) is 4.02. The molecule has 1 unspecified atom stereocenters. The summed E-state index contributed by atoms with van der Waals surface area (Å²) >= 11 is 0. The molecular formula is C12H21N3O2. The van der Waals surface area contributed by atoms with Gasteiger partial charge in [-0.05, 0) is 13.3 Å². The number of nitrogens with one attached hydrogen (secondary N) is 1. The average molecular weight is 239 g/mol. The van der Waals surface area contributed by atoms with Crippen LogP contribution in [0.2, 0.25) is 0 Å². The Balaban J connectivity index is 2.45. The molecule has 0 aliphatic carbocycles. The number of imidazole rings is 1. The number of rotatable bonds is 7. The lowest BCUT2D eigenvalue weighted by molar-refractivity contribution is -0.144. The third kappa shape index (κ3) is 4.56. The molecule has 3 N–H and O–H groups in total. The Kier molecular flexibility index (Phi) is 5.69. The molecule has 0 saturated carbocycles. The number of carbonyl (C=O) groups is 1. The van der Waals surface area contributed by atoms with Gasteiger partial charge in [0.05, 0.1) is 6.61 Å². The summed E-state index contributed by atoms with van der Waals surface area (Å²) in [5.41, 5.74) is 6.61. The van der Waals surface area contributed by atoms with Crippen molar-refractivity contribution in [3.8, 4) is 0 Å². The molecule has 0 saturated heterocycles. The first-order valence-corrected chi connectivity index (χ1v) is 6.12. The van der Waals surface area contributed by atoms with Crippen LogP contribution in [0.25, 0.3) is 0 Å². The SMILES string of the molecule is CCCCc1ncc(CC(N)C(=O)OCC)[nH]1. The second kappa shape index (κ2) is 7.06. The van der Waals surface area contributed by atoms with Crippen molar-refractivity contribution in [2.24, 2.45) is 5.73 Å². The first-order chi connectivity index (χ1) is 8.17. The summed E-state index contributed by atoms with van der Waals surface area (Å²) in [5.74, 6) is 0.593. The van der Waals surface area contributed by atoms with Crippen LogP contribution in [0.15, 0.2) is 6.20 Å². The van der Waals surface area contributed by atoms with Crippen molar-refractivity contribution < 1.29 is 9.53 Å². The number of aromatic amines is 1. The number of hydrogen-bond acceptors (Lipinski definition) is 4. The zero-order valence-corrected chi connectivity index (χ0v) is 10.5. The van der Waals surface area contributed by atoms with Crippen molar-refractivity contribution >= 4 is 5.97 Å². The average Bonchev–Trinajstić information content (AvgIpc) is 2.74. The molecule has 0 aromatic carbocycles. The van der Waals surface area contributed by atoms with Crippen LogP contribution in [0.3, 0.4) is 0 Å². The quantitative estimate of drug-likeness (QED) is 0.700. The van der Waals surface area contributed by atoms with Crippen LogP contribution >= 0.6 is 0 Å². The highest BCUT2D eigenvalue weighted by Gasteiger charge is 2.16. The molecule has 5 heteroatoms. The minimum atomic E-state index is -0.616. The molecular weight excluding hydrogens is 218 g/mol. The highest BCUT2D eigenvalue weighted by molar-refractivity contribution is 5.75. The minimum absolute atomic E-state index is 0.358. The summed E-state index contributed by atoms with van der Waals surface area (Å²) in [5, 5.41) is 0. The molecule has 1 heterocycles. The van der Waals surface area contributed by atoms with Crippen LogP contribution in [0.4, 0.5) is 0 Å². The van der Waals surface area contributed by atoms with E-state index >= 15 is 0 Å². The third-order valence-electron chi connectivity index (χ3n) is 2.48. The fraction of sp³-hybridized carbons (Fsp3) is 0.667. The van der Waals surface area contributed by atoms with Crippen molar-refractivity contribution in [3.05, 3.63) is 17.7 Å². The Bertz CT molecular complexity index is 349. The number of carbonyl (C=O) groups excluding carboxylic acids is 1. The molecule has 5 nitrogen and oxygen atoms in total. The summed E-state index contributed by atoms with van der Waals surface area (Å²) in [6.45, 7) is 4.27. The Hall–Kier alpha value is -1.36. The monoisotopic (exact) mass is 239 g/mol. The fourth-order valence-electron chi connectivity index (χ4n) is 1.55. The van der Waals surface area contributed by atoms with Crippen molar-refractivity contribution in [1.82, 2.24) is 9.97 Å². The summed E-state index contributed by atoms with van der Waals surface area (Å²) in [7, 11) is 0. The lowest BCUT2D eigenvalue weighted by atomic mass is 10.2. The standard InChI is InChI=1S/C12H21N3O2/c1-3-5-6-11-14-8-9(15-11)7-10(13)12(16)17-4-2/h8,10H,3-7,13H2,1-2H3,(H,14,15). The zero-order chi connectivity index (χ0) is 12.7. The highest BCUT2D eigenvalue weighted by Crippen LogP contribution is 2.04. The number of H-pyrrole nitrogens is 1. The maximum absolute atomic E-state index is 11.3. The first kappa shape index (κ1) is 13.7. The van der Waals surface area contributed by atoms with E-state index in [1.54, 1.807) is 13.1 Å². The van der Waals surface area contributed by atoms with Crippen LogP contribution in [-0.2, 0) is 22.4 Å². The van der Waals surface area contributed by atoms with Crippen LogP contribution < -0.4 is 5.73 Å². The number of esters is 1. The van der Waals surface area contributed by atoms with E-state index in [2.05, 4.69) is 16.9 Å². The van der Waals surface area contributed by atoms with Crippen LogP contribution in [0, 0.1) is 0 Å². The van der Waals surface area contributed by atoms with E-state index in [1.807, 2.05) is 0 Å². The van der Waals surface area contributed by atoms with Gasteiger partial charge in [-0.1, -0.05) is 13.3 Å². The minimum Gasteiger partial charge on any atom is -0.465 e. The fourth-order valence-corrected chi connectivity index (χ4v) is 1.55. The van der Waals surface area contributed by atoms with Gasteiger partial charge in [-0.3, -0.25) is 4.79 Å². The van der Waals surface area contributed by atoms with E-state index in [-0.39, 0.29) is 5.97 Å². The summed E-state index contributed by atoms with van der Waals surface area (Å²) < 4.78 is 4.85. The lowest BCUT2D eigenvalue weighted by Crippen LogP contribution is -2.34. The van der Waals surface area contributed by atoms with Crippen molar-refractivity contribution in [3.63, 3.8) is 0 Å². The predicted octanol–water partition coefficient (Wildman–Crippen LogP) is 1.19. The Labute approximate surface area is 102 Å². The molecule has 1 atom stereocenters.